The van der Waals surface area contributed by atoms with Gasteiger partial charge in [-0.1, -0.05) is 6.07 Å². The Morgan fingerprint density at radius 1 is 1.22 bits per heavy atom. The molecule has 4 heterocycles. The van der Waals surface area contributed by atoms with E-state index in [9.17, 15) is 15.0 Å². The maximum Gasteiger partial charge on any atom is 0.274 e. The summed E-state index contributed by atoms with van der Waals surface area (Å²) in [4.78, 5) is 27.5. The van der Waals surface area contributed by atoms with Gasteiger partial charge in [0.2, 0.25) is 6.41 Å². The van der Waals surface area contributed by atoms with Crippen LogP contribution in [0.4, 0.5) is 5.82 Å². The Labute approximate surface area is 215 Å². The highest BCUT2D eigenvalue weighted by atomic mass is 16.6. The van der Waals surface area contributed by atoms with Gasteiger partial charge in [0.05, 0.1) is 17.3 Å². The van der Waals surface area contributed by atoms with Gasteiger partial charge in [0.1, 0.15) is 17.6 Å². The summed E-state index contributed by atoms with van der Waals surface area (Å²) in [5.41, 5.74) is 0.962. The molecule has 3 aromatic rings. The van der Waals surface area contributed by atoms with Crippen molar-refractivity contribution in [3.8, 4) is 11.8 Å². The quantitative estimate of drug-likeness (QED) is 0.351. The average molecular weight is 506 g/mol. The number of nitriles is 1. The Morgan fingerprint density at radius 3 is 2.62 bits per heavy atom. The third-order valence-corrected chi connectivity index (χ3v) is 5.98. The van der Waals surface area contributed by atoms with E-state index in [1.807, 2.05) is 32.9 Å². The minimum absolute atomic E-state index is 0.0911. The zero-order chi connectivity index (χ0) is 26.6. The van der Waals surface area contributed by atoms with Gasteiger partial charge in [0.15, 0.2) is 11.4 Å². The minimum Gasteiger partial charge on any atom is -0.505 e. The largest absolute Gasteiger partial charge is 0.505 e. The molecule has 11 nitrogen and oxygen atoms in total. The van der Waals surface area contributed by atoms with Crippen LogP contribution in [0.3, 0.4) is 0 Å². The first-order valence-corrected chi connectivity index (χ1v) is 12.1. The van der Waals surface area contributed by atoms with Crippen molar-refractivity contribution in [3.63, 3.8) is 0 Å². The molecule has 1 unspecified atom stereocenters. The van der Waals surface area contributed by atoms with Gasteiger partial charge in [-0.2, -0.15) is 5.26 Å². The first-order valence-electron chi connectivity index (χ1n) is 12.1. The number of pyridine rings is 3. The Hall–Kier alpha value is -3.85. The molecule has 1 atom stereocenters. The first kappa shape index (κ1) is 26.2. The van der Waals surface area contributed by atoms with Crippen LogP contribution in [0.15, 0.2) is 36.7 Å². The summed E-state index contributed by atoms with van der Waals surface area (Å²) in [6, 6.07) is 8.89. The van der Waals surface area contributed by atoms with Crippen LogP contribution in [0.25, 0.3) is 10.9 Å². The number of aromatic hydroxyl groups is 1. The third-order valence-electron chi connectivity index (χ3n) is 5.98. The van der Waals surface area contributed by atoms with E-state index >= 15 is 0 Å². The molecular formula is C26H31N7O4. The molecule has 11 heteroatoms. The zero-order valence-electron chi connectivity index (χ0n) is 21.1. The number of carbonyl (C=O) groups excluding carboxylic acids is 1. The van der Waals surface area contributed by atoms with Crippen molar-refractivity contribution in [1.29, 1.82) is 5.26 Å². The molecule has 37 heavy (non-hydrogen) atoms. The monoisotopic (exact) mass is 505 g/mol. The Balaban J connectivity index is 1.37. The standard InChI is InChI=1S/C26H31N7O4/c1-26(2,3)37-25(36)31-17-8-10-33(11-9-17)21-7-6-19-20(32-21)15-29-22(23(19)34)24(35)30-14-16-4-5-18(12-27)28-13-16/h4-7,13,15,17,25,31,34,36H,8-11,14H2,1-3H3,(H,30,35). The number of aliphatic hydroxyl groups excluding tert-OH is 1. The summed E-state index contributed by atoms with van der Waals surface area (Å²) in [6.45, 7) is 7.33. The highest BCUT2D eigenvalue weighted by Crippen LogP contribution is 2.29. The molecule has 194 valence electrons. The lowest BCUT2D eigenvalue weighted by Gasteiger charge is -2.35. The Morgan fingerprint density at radius 2 is 1.97 bits per heavy atom. The van der Waals surface area contributed by atoms with Crippen molar-refractivity contribution in [2.45, 2.75) is 58.2 Å². The number of hydrogen-bond donors (Lipinski definition) is 4. The molecule has 0 saturated carbocycles. The molecular weight excluding hydrogens is 474 g/mol. The molecule has 0 radical (unpaired) electrons. The van der Waals surface area contributed by atoms with Crippen molar-refractivity contribution >= 4 is 22.6 Å². The van der Waals surface area contributed by atoms with Gasteiger partial charge >= 0.3 is 0 Å². The minimum atomic E-state index is -1.02. The van der Waals surface area contributed by atoms with Crippen molar-refractivity contribution in [3.05, 3.63) is 53.6 Å². The van der Waals surface area contributed by atoms with Crippen LogP contribution < -0.4 is 15.5 Å². The maximum atomic E-state index is 12.6. The number of hydrogen-bond acceptors (Lipinski definition) is 10. The number of amides is 1. The van der Waals surface area contributed by atoms with E-state index in [-0.39, 0.29) is 24.0 Å². The van der Waals surface area contributed by atoms with Crippen LogP contribution in [-0.2, 0) is 11.3 Å². The molecule has 4 N–H and O–H groups in total. The topological polar surface area (TPSA) is 157 Å². The van der Waals surface area contributed by atoms with E-state index in [0.717, 1.165) is 31.7 Å². The molecule has 4 rings (SSSR count). The molecule has 0 bridgehead atoms. The predicted octanol–water partition coefficient (Wildman–Crippen LogP) is 2.18. The van der Waals surface area contributed by atoms with Crippen molar-refractivity contribution in [2.75, 3.05) is 18.0 Å². The number of fused-ring (bicyclic) bond motifs is 1. The van der Waals surface area contributed by atoms with Gasteiger partial charge in [0, 0.05) is 37.3 Å². The second-order valence-electron chi connectivity index (χ2n) is 9.91. The predicted molar refractivity (Wildman–Crippen MR) is 137 cm³/mol. The molecule has 3 aromatic heterocycles. The van der Waals surface area contributed by atoms with Crippen LogP contribution in [-0.4, -0.2) is 62.2 Å². The number of aliphatic hydroxyl groups is 1. The maximum absolute atomic E-state index is 12.6. The van der Waals surface area contributed by atoms with E-state index in [1.54, 1.807) is 18.2 Å². The number of rotatable bonds is 7. The van der Waals surface area contributed by atoms with Gasteiger partial charge in [-0.3, -0.25) is 10.1 Å². The summed E-state index contributed by atoms with van der Waals surface area (Å²) >= 11 is 0. The molecule has 0 spiro atoms. The van der Waals surface area contributed by atoms with Crippen LogP contribution >= 0.6 is 0 Å². The number of nitrogens with one attached hydrogen (secondary N) is 2. The summed E-state index contributed by atoms with van der Waals surface area (Å²) < 4.78 is 5.53. The Kier molecular flexibility index (Phi) is 7.83. The smallest absolute Gasteiger partial charge is 0.274 e. The molecule has 1 aliphatic heterocycles. The molecule has 0 aromatic carbocycles. The lowest BCUT2D eigenvalue weighted by atomic mass is 10.1. The van der Waals surface area contributed by atoms with Gasteiger partial charge in [0.25, 0.3) is 5.91 Å². The number of nitrogens with zero attached hydrogens (tertiary/aromatic N) is 5. The van der Waals surface area contributed by atoms with E-state index in [4.69, 9.17) is 10.00 Å². The number of carbonyl (C=O) groups is 1. The van der Waals surface area contributed by atoms with Crippen molar-refractivity contribution in [1.82, 2.24) is 25.6 Å². The van der Waals surface area contributed by atoms with Crippen LogP contribution in [0.5, 0.6) is 5.75 Å². The molecule has 1 fully saturated rings. The van der Waals surface area contributed by atoms with E-state index in [0.29, 0.717) is 22.2 Å². The zero-order valence-corrected chi connectivity index (χ0v) is 21.1. The van der Waals surface area contributed by atoms with Crippen molar-refractivity contribution < 1.29 is 19.7 Å². The fraction of sp³-hybridized carbons (Fsp3) is 0.423. The van der Waals surface area contributed by atoms with E-state index in [1.165, 1.54) is 12.4 Å². The van der Waals surface area contributed by atoms with Crippen LogP contribution in [0, 0.1) is 11.3 Å². The van der Waals surface area contributed by atoms with Gasteiger partial charge < -0.3 is 25.2 Å². The van der Waals surface area contributed by atoms with Gasteiger partial charge in [-0.25, -0.2) is 15.0 Å². The number of anilines is 1. The molecule has 1 aliphatic rings. The highest BCUT2D eigenvalue weighted by Gasteiger charge is 2.25. The van der Waals surface area contributed by atoms with Crippen molar-refractivity contribution in [2.24, 2.45) is 0 Å². The summed E-state index contributed by atoms with van der Waals surface area (Å²) in [5, 5.41) is 35.9. The third kappa shape index (κ3) is 6.68. The number of piperidine rings is 1. The summed E-state index contributed by atoms with van der Waals surface area (Å²) in [6.07, 6.45) is 3.59. The second kappa shape index (κ2) is 11.0. The van der Waals surface area contributed by atoms with E-state index < -0.39 is 17.9 Å². The average Bonchev–Trinajstić information content (AvgIpc) is 2.87. The summed E-state index contributed by atoms with van der Waals surface area (Å²) in [7, 11) is 0. The number of aromatic nitrogens is 3. The highest BCUT2D eigenvalue weighted by molar-refractivity contribution is 6.00. The molecule has 0 aliphatic carbocycles. The fourth-order valence-corrected chi connectivity index (χ4v) is 4.13. The van der Waals surface area contributed by atoms with Crippen LogP contribution in [0.2, 0.25) is 0 Å². The van der Waals surface area contributed by atoms with Gasteiger partial charge in [-0.05, 0) is 57.4 Å². The first-order chi connectivity index (χ1) is 17.6. The Bertz CT molecular complexity index is 1290. The lowest BCUT2D eigenvalue weighted by molar-refractivity contribution is -0.186. The second-order valence-corrected chi connectivity index (χ2v) is 9.91. The fourth-order valence-electron chi connectivity index (χ4n) is 4.13. The normalized spacial score (nSPS) is 15.4. The van der Waals surface area contributed by atoms with Gasteiger partial charge in [-0.15, -0.1) is 0 Å². The molecule has 1 amide bonds. The number of ether oxygens (including phenoxy) is 1. The SMILES string of the molecule is CC(C)(C)OC(O)NC1CCN(c2ccc3c(O)c(C(=O)NCc4ccc(C#N)nc4)ncc3n2)CC1. The summed E-state index contributed by atoms with van der Waals surface area (Å²) in [5.74, 6) is -0.00746. The lowest BCUT2D eigenvalue weighted by Crippen LogP contribution is -2.48. The van der Waals surface area contributed by atoms with Crippen LogP contribution in [0.1, 0.15) is 55.4 Å². The molecule has 1 saturated heterocycles. The van der Waals surface area contributed by atoms with E-state index in [2.05, 4.69) is 30.5 Å².